The molecule has 0 aromatic rings. The Bertz CT molecular complexity index is 433. The van der Waals surface area contributed by atoms with Gasteiger partial charge in [-0.25, -0.2) is 0 Å². The highest BCUT2D eigenvalue weighted by molar-refractivity contribution is 7.81. The van der Waals surface area contributed by atoms with Crippen LogP contribution in [0.1, 0.15) is 77.0 Å². The van der Waals surface area contributed by atoms with Crippen molar-refractivity contribution in [2.45, 2.75) is 77.0 Å². The average Bonchev–Trinajstić information content (AvgIpc) is 2.73. The van der Waals surface area contributed by atoms with Gasteiger partial charge in [-0.3, -0.25) is 0 Å². The quantitative estimate of drug-likeness (QED) is 0.130. The molecule has 2 aliphatic carbocycles. The van der Waals surface area contributed by atoms with E-state index in [2.05, 4.69) is 25.3 Å². The van der Waals surface area contributed by atoms with Gasteiger partial charge in [-0.1, -0.05) is 0 Å². The molecule has 0 saturated heterocycles. The highest BCUT2D eigenvalue weighted by Gasteiger charge is 2.59. The third-order valence-corrected chi connectivity index (χ3v) is 10.4. The van der Waals surface area contributed by atoms with Gasteiger partial charge in [0.2, 0.25) is 0 Å². The second-order valence-corrected chi connectivity index (χ2v) is 12.7. The molecule has 2 rings (SSSR count). The summed E-state index contributed by atoms with van der Waals surface area (Å²) in [7, 11) is 0. The Morgan fingerprint density at radius 1 is 0.500 bits per heavy atom. The lowest BCUT2D eigenvalue weighted by Crippen LogP contribution is -2.56. The summed E-state index contributed by atoms with van der Waals surface area (Å²) >= 11 is 28.3. The van der Waals surface area contributed by atoms with E-state index in [4.69, 9.17) is 50.5 Å². The Hall–Kier alpha value is 2.10. The maximum Gasteiger partial charge on any atom is -0.00923 e. The monoisotopic (exact) mass is 526 g/mol. The van der Waals surface area contributed by atoms with E-state index in [1.54, 1.807) is 0 Å². The van der Waals surface area contributed by atoms with Gasteiger partial charge >= 0.3 is 0 Å². The van der Waals surface area contributed by atoms with Crippen molar-refractivity contribution in [2.24, 2.45) is 34.5 Å². The molecule has 6 heteroatoms. The van der Waals surface area contributed by atoms with Crippen LogP contribution in [0.4, 0.5) is 0 Å². The summed E-state index contributed by atoms with van der Waals surface area (Å²) in [6, 6.07) is 0. The minimum atomic E-state index is 0.396. The molecule has 0 spiro atoms. The van der Waals surface area contributed by atoms with Crippen molar-refractivity contribution in [1.82, 2.24) is 0 Å². The van der Waals surface area contributed by atoms with Gasteiger partial charge in [0.05, 0.1) is 0 Å². The van der Waals surface area contributed by atoms with Crippen LogP contribution in [0.5, 0.6) is 0 Å². The summed E-state index contributed by atoms with van der Waals surface area (Å²) in [4.78, 5) is 0. The van der Waals surface area contributed by atoms with Gasteiger partial charge in [-0.05, 0) is 146 Å². The number of rotatable bonds is 13. The van der Waals surface area contributed by atoms with E-state index in [0.29, 0.717) is 10.8 Å². The van der Waals surface area contributed by atoms with Crippen LogP contribution >= 0.6 is 75.8 Å². The molecular formula is C24H46S6. The van der Waals surface area contributed by atoms with Gasteiger partial charge < -0.3 is 0 Å². The third kappa shape index (κ3) is 6.40. The van der Waals surface area contributed by atoms with Crippen molar-refractivity contribution in [1.29, 1.82) is 0 Å². The van der Waals surface area contributed by atoms with Gasteiger partial charge in [-0.15, -0.1) is 0 Å². The highest BCUT2D eigenvalue weighted by atomic mass is 32.1. The molecule has 0 N–H and O–H groups in total. The van der Waals surface area contributed by atoms with E-state index in [9.17, 15) is 0 Å². The molecule has 178 valence electrons. The minimum Gasteiger partial charge on any atom is -0.179 e. The predicted octanol–water partition coefficient (Wildman–Crippen LogP) is 7.71. The lowest BCUT2D eigenvalue weighted by atomic mass is 9.41. The Morgan fingerprint density at radius 2 is 0.867 bits per heavy atom. The standard InChI is InChI=1S/C24H46S6/c25-11-3-19-1-7-23(9-15-29,21(17-19)5-13-27)24(10-16-30)8-2-20(4-12-26)18-22(24)6-14-28/h19-22,25-30H,1-18H2. The topological polar surface area (TPSA) is 0 Å². The van der Waals surface area contributed by atoms with E-state index < -0.39 is 0 Å². The molecule has 0 heterocycles. The molecule has 2 fully saturated rings. The van der Waals surface area contributed by atoms with Crippen molar-refractivity contribution in [2.75, 3.05) is 34.5 Å². The second kappa shape index (κ2) is 14.5. The summed E-state index contributed by atoms with van der Waals surface area (Å²) in [5.41, 5.74) is 0.791. The molecule has 6 atom stereocenters. The normalized spacial score (nSPS) is 37.4. The molecule has 0 aromatic carbocycles. The summed E-state index contributed by atoms with van der Waals surface area (Å²) in [6.07, 6.45) is 15.8. The van der Waals surface area contributed by atoms with Crippen molar-refractivity contribution < 1.29 is 0 Å². The highest BCUT2D eigenvalue weighted by Crippen LogP contribution is 2.67. The van der Waals surface area contributed by atoms with Crippen LogP contribution in [-0.4, -0.2) is 34.5 Å². The van der Waals surface area contributed by atoms with E-state index in [1.807, 2.05) is 0 Å². The summed E-state index contributed by atoms with van der Waals surface area (Å²) < 4.78 is 0. The van der Waals surface area contributed by atoms with E-state index in [1.165, 1.54) is 77.0 Å². The summed E-state index contributed by atoms with van der Waals surface area (Å²) in [6.45, 7) is 0. The van der Waals surface area contributed by atoms with E-state index in [0.717, 1.165) is 58.2 Å². The van der Waals surface area contributed by atoms with Gasteiger partial charge in [0.25, 0.3) is 0 Å². The molecule has 2 aliphatic rings. The second-order valence-electron chi connectivity index (χ2n) is 9.98. The van der Waals surface area contributed by atoms with Crippen LogP contribution in [0.3, 0.4) is 0 Å². The fourth-order valence-electron chi connectivity index (χ4n) is 7.68. The molecule has 0 radical (unpaired) electrons. The zero-order valence-corrected chi connectivity index (χ0v) is 24.1. The smallest absolute Gasteiger partial charge is 0.00923 e. The van der Waals surface area contributed by atoms with Gasteiger partial charge in [0, 0.05) is 0 Å². The first-order valence-electron chi connectivity index (χ1n) is 12.2. The van der Waals surface area contributed by atoms with Gasteiger partial charge in [0.15, 0.2) is 0 Å². The molecule has 0 bridgehead atoms. The molecule has 0 amide bonds. The lowest BCUT2D eigenvalue weighted by Gasteiger charge is -2.64. The minimum absolute atomic E-state index is 0.396. The van der Waals surface area contributed by atoms with Gasteiger partial charge in [0.1, 0.15) is 0 Å². The SMILES string of the molecule is SCCC1CCC(CCS)(C2(CCS)CCC(CCS)CC2CCS)C(CCS)C1. The fraction of sp³-hybridized carbons (Fsp3) is 1.00. The van der Waals surface area contributed by atoms with Crippen molar-refractivity contribution in [3.8, 4) is 0 Å². The van der Waals surface area contributed by atoms with Gasteiger partial charge in [-0.2, -0.15) is 75.8 Å². The number of thiol groups is 6. The van der Waals surface area contributed by atoms with Crippen molar-refractivity contribution in [3.63, 3.8) is 0 Å². The molecule has 0 nitrogen and oxygen atoms in total. The zero-order chi connectivity index (χ0) is 22.0. The first-order chi connectivity index (χ1) is 14.6. The van der Waals surface area contributed by atoms with E-state index in [-0.39, 0.29) is 0 Å². The molecule has 0 aromatic heterocycles. The molecular weight excluding hydrogens is 481 g/mol. The molecule has 2 saturated carbocycles. The van der Waals surface area contributed by atoms with Crippen LogP contribution in [0, 0.1) is 34.5 Å². The first-order valence-corrected chi connectivity index (χ1v) is 16.0. The van der Waals surface area contributed by atoms with E-state index >= 15 is 0 Å². The van der Waals surface area contributed by atoms with Crippen LogP contribution < -0.4 is 0 Å². The van der Waals surface area contributed by atoms with Crippen molar-refractivity contribution in [3.05, 3.63) is 0 Å². The summed E-state index contributed by atoms with van der Waals surface area (Å²) in [5, 5.41) is 0. The largest absolute Gasteiger partial charge is 0.179 e. The predicted molar refractivity (Wildman–Crippen MR) is 157 cm³/mol. The fourth-order valence-corrected chi connectivity index (χ4v) is 9.83. The Balaban J connectivity index is 2.48. The summed E-state index contributed by atoms with van der Waals surface area (Å²) in [5.74, 6) is 9.28. The molecule has 6 unspecified atom stereocenters. The van der Waals surface area contributed by atoms with Crippen LogP contribution in [-0.2, 0) is 0 Å². The zero-order valence-electron chi connectivity index (χ0n) is 18.7. The van der Waals surface area contributed by atoms with Crippen molar-refractivity contribution >= 4 is 75.8 Å². The maximum atomic E-state index is 4.84. The molecule has 0 aliphatic heterocycles. The van der Waals surface area contributed by atoms with Crippen LogP contribution in [0.15, 0.2) is 0 Å². The average molecular weight is 527 g/mol. The van der Waals surface area contributed by atoms with Crippen LogP contribution in [0.2, 0.25) is 0 Å². The maximum absolute atomic E-state index is 4.84. The third-order valence-electron chi connectivity index (χ3n) is 8.93. The Labute approximate surface area is 220 Å². The number of hydrogen-bond donors (Lipinski definition) is 6. The first kappa shape index (κ1) is 28.3. The number of hydrogen-bond acceptors (Lipinski definition) is 6. The lowest BCUT2D eigenvalue weighted by molar-refractivity contribution is -0.136. The van der Waals surface area contributed by atoms with Crippen LogP contribution in [0.25, 0.3) is 0 Å². The Morgan fingerprint density at radius 3 is 1.17 bits per heavy atom. The molecule has 30 heavy (non-hydrogen) atoms. The Kier molecular flexibility index (Phi) is 13.7.